The van der Waals surface area contributed by atoms with Crippen molar-refractivity contribution in [3.63, 3.8) is 0 Å². The fraction of sp³-hybridized carbons (Fsp3) is 0.630. The van der Waals surface area contributed by atoms with Crippen LogP contribution in [0.15, 0.2) is 24.3 Å². The van der Waals surface area contributed by atoms with Gasteiger partial charge in [0.2, 0.25) is 0 Å². The Balaban J connectivity index is 1.43. The molecule has 34 heavy (non-hydrogen) atoms. The first-order valence-corrected chi connectivity index (χ1v) is 11.9. The number of carbonyl (C=O) groups is 2. The zero-order valence-electron chi connectivity index (χ0n) is 20.5. The zero-order chi connectivity index (χ0) is 24.9. The third kappa shape index (κ3) is 6.18. The Bertz CT molecular complexity index is 911. The molecule has 0 spiro atoms. The molecule has 1 aromatic carbocycles. The van der Waals surface area contributed by atoms with Gasteiger partial charge in [0, 0.05) is 18.8 Å². The Kier molecular flexibility index (Phi) is 8.75. The van der Waals surface area contributed by atoms with E-state index in [9.17, 15) is 19.8 Å². The fourth-order valence-corrected chi connectivity index (χ4v) is 5.09. The first-order valence-electron chi connectivity index (χ1n) is 11.9. The van der Waals surface area contributed by atoms with Crippen molar-refractivity contribution in [3.8, 4) is 17.6 Å². The van der Waals surface area contributed by atoms with E-state index in [0.717, 1.165) is 24.2 Å². The standard InChI is InChI=1S/C27H36O7/c1-27(2,26(31)33-4)34-15-6-5-9-19-22(29)16-20-23(19)24(20)25(30)21(28)10-7-8-17-11-13-18(32-3)14-12-17/h11-14,19-21,23-25,28,30H,7-10,15-16H2,1-4H3. The van der Waals surface area contributed by atoms with E-state index in [-0.39, 0.29) is 36.1 Å². The Labute approximate surface area is 201 Å². The van der Waals surface area contributed by atoms with Crippen molar-refractivity contribution in [2.75, 3.05) is 20.8 Å². The van der Waals surface area contributed by atoms with Gasteiger partial charge in [0.05, 0.1) is 26.4 Å². The number of methoxy groups -OCH3 is 2. The van der Waals surface area contributed by atoms with Crippen LogP contribution in [0.5, 0.6) is 5.75 Å². The lowest BCUT2D eigenvalue weighted by Crippen LogP contribution is -2.36. The molecule has 0 aliphatic heterocycles. The lowest BCUT2D eigenvalue weighted by atomic mass is 9.91. The first-order chi connectivity index (χ1) is 16.2. The Morgan fingerprint density at radius 2 is 1.88 bits per heavy atom. The molecule has 2 fully saturated rings. The first kappa shape index (κ1) is 26.2. The summed E-state index contributed by atoms with van der Waals surface area (Å²) >= 11 is 0. The van der Waals surface area contributed by atoms with Gasteiger partial charge in [-0.3, -0.25) is 4.79 Å². The van der Waals surface area contributed by atoms with Gasteiger partial charge in [0.25, 0.3) is 0 Å². The van der Waals surface area contributed by atoms with Gasteiger partial charge in [-0.2, -0.15) is 0 Å². The number of Topliss-reactive ketones (excluding diaryl/α,β-unsaturated/α-hetero) is 1. The number of fused-ring (bicyclic) bond motifs is 1. The van der Waals surface area contributed by atoms with Crippen molar-refractivity contribution in [3.05, 3.63) is 29.8 Å². The number of aryl methyl sites for hydroxylation is 1. The van der Waals surface area contributed by atoms with Crippen molar-refractivity contribution in [1.29, 1.82) is 0 Å². The molecule has 0 amide bonds. The number of aliphatic hydroxyl groups excluding tert-OH is 2. The zero-order valence-corrected chi connectivity index (χ0v) is 20.5. The summed E-state index contributed by atoms with van der Waals surface area (Å²) in [6.07, 6.45) is 1.32. The minimum absolute atomic E-state index is 0.0463. The molecule has 2 saturated carbocycles. The number of aliphatic hydroxyl groups is 2. The minimum atomic E-state index is -1.08. The van der Waals surface area contributed by atoms with Crippen molar-refractivity contribution in [2.24, 2.45) is 23.7 Å². The van der Waals surface area contributed by atoms with Gasteiger partial charge in [0.1, 0.15) is 18.1 Å². The van der Waals surface area contributed by atoms with Crippen LogP contribution in [0.25, 0.3) is 0 Å². The monoisotopic (exact) mass is 472 g/mol. The van der Waals surface area contributed by atoms with Gasteiger partial charge >= 0.3 is 5.97 Å². The number of benzene rings is 1. The second-order valence-corrected chi connectivity index (χ2v) is 9.74. The summed E-state index contributed by atoms with van der Waals surface area (Å²) in [6, 6.07) is 7.84. The molecular weight excluding hydrogens is 436 g/mol. The van der Waals surface area contributed by atoms with Gasteiger partial charge in [0.15, 0.2) is 5.60 Å². The molecule has 6 atom stereocenters. The predicted octanol–water partition coefficient (Wildman–Crippen LogP) is 2.55. The lowest BCUT2D eigenvalue weighted by Gasteiger charge is -2.21. The summed E-state index contributed by atoms with van der Waals surface area (Å²) in [5, 5.41) is 21.3. The third-order valence-electron chi connectivity index (χ3n) is 7.15. The van der Waals surface area contributed by atoms with E-state index in [2.05, 4.69) is 11.8 Å². The van der Waals surface area contributed by atoms with Crippen LogP contribution in [0.4, 0.5) is 0 Å². The summed E-state index contributed by atoms with van der Waals surface area (Å²) < 4.78 is 15.3. The highest BCUT2D eigenvalue weighted by atomic mass is 16.6. The molecule has 6 unspecified atom stereocenters. The molecule has 2 aliphatic carbocycles. The van der Waals surface area contributed by atoms with E-state index < -0.39 is 23.8 Å². The van der Waals surface area contributed by atoms with E-state index in [1.165, 1.54) is 7.11 Å². The topological polar surface area (TPSA) is 102 Å². The van der Waals surface area contributed by atoms with Crippen LogP contribution < -0.4 is 4.74 Å². The lowest BCUT2D eigenvalue weighted by molar-refractivity contribution is -0.163. The molecule has 0 radical (unpaired) electrons. The van der Waals surface area contributed by atoms with Gasteiger partial charge < -0.3 is 24.4 Å². The minimum Gasteiger partial charge on any atom is -0.497 e. The number of hydrogen-bond donors (Lipinski definition) is 2. The van der Waals surface area contributed by atoms with Gasteiger partial charge in [-0.1, -0.05) is 18.1 Å². The summed E-state index contributed by atoms with van der Waals surface area (Å²) in [6.45, 7) is 3.30. The Morgan fingerprint density at radius 3 is 2.53 bits per heavy atom. The van der Waals surface area contributed by atoms with Crippen LogP contribution in [0.2, 0.25) is 0 Å². The number of ketones is 1. The fourth-order valence-electron chi connectivity index (χ4n) is 5.09. The van der Waals surface area contributed by atoms with Crippen molar-refractivity contribution >= 4 is 11.8 Å². The van der Waals surface area contributed by atoms with Crippen LogP contribution in [-0.4, -0.2) is 60.6 Å². The molecule has 1 aromatic rings. The average molecular weight is 473 g/mol. The van der Waals surface area contributed by atoms with E-state index in [0.29, 0.717) is 19.3 Å². The Morgan fingerprint density at radius 1 is 1.18 bits per heavy atom. The summed E-state index contributed by atoms with van der Waals surface area (Å²) in [7, 11) is 2.94. The molecule has 0 saturated heterocycles. The molecule has 2 aliphatic rings. The van der Waals surface area contributed by atoms with Gasteiger partial charge in [-0.25, -0.2) is 4.79 Å². The molecule has 0 heterocycles. The average Bonchev–Trinajstić information content (AvgIpc) is 3.42. The molecular formula is C27H36O7. The normalized spacial score (nSPS) is 25.1. The third-order valence-corrected chi connectivity index (χ3v) is 7.15. The maximum atomic E-state index is 12.4. The highest BCUT2D eigenvalue weighted by molar-refractivity contribution is 5.86. The molecule has 0 bridgehead atoms. The quantitative estimate of drug-likeness (QED) is 0.377. The van der Waals surface area contributed by atoms with Crippen LogP contribution in [0.1, 0.15) is 45.1 Å². The molecule has 2 N–H and O–H groups in total. The molecule has 3 rings (SSSR count). The van der Waals surface area contributed by atoms with E-state index >= 15 is 0 Å². The van der Waals surface area contributed by atoms with Gasteiger partial charge in [-0.05, 0) is 68.6 Å². The number of hydrogen-bond acceptors (Lipinski definition) is 7. The van der Waals surface area contributed by atoms with Crippen molar-refractivity contribution in [2.45, 2.75) is 63.8 Å². The maximum Gasteiger partial charge on any atom is 0.337 e. The van der Waals surface area contributed by atoms with Crippen molar-refractivity contribution in [1.82, 2.24) is 0 Å². The molecule has 0 aromatic heterocycles. The van der Waals surface area contributed by atoms with Crippen LogP contribution in [-0.2, 0) is 25.5 Å². The Hall–Kier alpha value is -2.40. The number of esters is 1. The van der Waals surface area contributed by atoms with E-state index in [4.69, 9.17) is 14.2 Å². The molecule has 7 nitrogen and oxygen atoms in total. The SMILES string of the molecule is COC(=O)C(C)(C)OCC#CCC1C(=O)CC2C1C2C(O)C(O)CCCc1ccc(OC)cc1. The second-order valence-electron chi connectivity index (χ2n) is 9.74. The number of rotatable bonds is 11. The highest BCUT2D eigenvalue weighted by Crippen LogP contribution is 2.61. The van der Waals surface area contributed by atoms with Crippen LogP contribution in [0.3, 0.4) is 0 Å². The van der Waals surface area contributed by atoms with Crippen LogP contribution in [0, 0.1) is 35.5 Å². The summed E-state index contributed by atoms with van der Waals surface area (Å²) in [5.74, 6) is 6.35. The maximum absolute atomic E-state index is 12.4. The smallest absolute Gasteiger partial charge is 0.337 e. The largest absolute Gasteiger partial charge is 0.497 e. The molecule has 186 valence electrons. The summed E-state index contributed by atoms with van der Waals surface area (Å²) in [5.41, 5.74) is 0.0846. The van der Waals surface area contributed by atoms with Crippen LogP contribution >= 0.6 is 0 Å². The number of carbonyl (C=O) groups excluding carboxylic acids is 2. The van der Waals surface area contributed by atoms with Crippen molar-refractivity contribution < 1.29 is 34.0 Å². The van der Waals surface area contributed by atoms with E-state index in [1.807, 2.05) is 24.3 Å². The van der Waals surface area contributed by atoms with Gasteiger partial charge in [-0.15, -0.1) is 5.92 Å². The van der Waals surface area contributed by atoms with E-state index in [1.54, 1.807) is 21.0 Å². The second kappa shape index (κ2) is 11.4. The summed E-state index contributed by atoms with van der Waals surface area (Å²) in [4.78, 5) is 24.0. The number of ether oxygens (including phenoxy) is 3. The highest BCUT2D eigenvalue weighted by Gasteiger charge is 2.64. The molecule has 7 heteroatoms. The predicted molar refractivity (Wildman–Crippen MR) is 126 cm³/mol.